The van der Waals surface area contributed by atoms with Gasteiger partial charge in [0.15, 0.2) is 0 Å². The highest BCUT2D eigenvalue weighted by atomic mass is 35.5. The van der Waals surface area contributed by atoms with Gasteiger partial charge in [0.25, 0.3) is 0 Å². The molecule has 1 unspecified atom stereocenters. The Balaban J connectivity index is 2.54. The molecule has 0 aromatic rings. The van der Waals surface area contributed by atoms with E-state index in [0.29, 0.717) is 0 Å². The van der Waals surface area contributed by atoms with Crippen LogP contribution in [0.15, 0.2) is 11.9 Å². The van der Waals surface area contributed by atoms with E-state index in [1.165, 1.54) is 6.08 Å². The van der Waals surface area contributed by atoms with Crippen LogP contribution in [0.1, 0.15) is 12.8 Å². The summed E-state index contributed by atoms with van der Waals surface area (Å²) >= 11 is 5.42. The molecule has 7 heavy (non-hydrogen) atoms. The van der Waals surface area contributed by atoms with Gasteiger partial charge in [0.2, 0.25) is 0 Å². The summed E-state index contributed by atoms with van der Waals surface area (Å²) in [6.45, 7) is 0. The fourth-order valence-electron chi connectivity index (χ4n) is 0.633. The van der Waals surface area contributed by atoms with Gasteiger partial charge in [0, 0.05) is 0 Å². The molecule has 0 saturated carbocycles. The molecule has 0 amide bonds. The first kappa shape index (κ1) is 5.10. The zero-order chi connectivity index (χ0) is 5.28. The molecule has 0 bridgehead atoms. The lowest BCUT2D eigenvalue weighted by Crippen LogP contribution is -1.88. The molecule has 40 valence electrons. The SMILES string of the molecule is FC1=CCCC1Cl. The predicted molar refractivity (Wildman–Crippen MR) is 28.1 cm³/mol. The van der Waals surface area contributed by atoms with E-state index in [-0.39, 0.29) is 11.2 Å². The zero-order valence-corrected chi connectivity index (χ0v) is 4.58. The maximum Gasteiger partial charge on any atom is 0.114 e. The first-order valence-electron chi connectivity index (χ1n) is 2.30. The van der Waals surface area contributed by atoms with Gasteiger partial charge in [-0.15, -0.1) is 11.6 Å². The van der Waals surface area contributed by atoms with E-state index in [0.717, 1.165) is 12.8 Å². The Bertz CT molecular complexity index is 98.3. The molecule has 0 aromatic carbocycles. The summed E-state index contributed by atoms with van der Waals surface area (Å²) in [7, 11) is 0. The lowest BCUT2D eigenvalue weighted by Gasteiger charge is -1.91. The second kappa shape index (κ2) is 1.83. The summed E-state index contributed by atoms with van der Waals surface area (Å²) in [4.78, 5) is 0. The van der Waals surface area contributed by atoms with Gasteiger partial charge >= 0.3 is 0 Å². The van der Waals surface area contributed by atoms with Crippen LogP contribution in [-0.4, -0.2) is 5.38 Å². The first-order valence-corrected chi connectivity index (χ1v) is 2.74. The van der Waals surface area contributed by atoms with E-state index in [4.69, 9.17) is 11.6 Å². The lowest BCUT2D eigenvalue weighted by molar-refractivity contribution is 0.609. The number of rotatable bonds is 0. The van der Waals surface area contributed by atoms with E-state index in [1.54, 1.807) is 0 Å². The van der Waals surface area contributed by atoms with Crippen LogP contribution in [0.5, 0.6) is 0 Å². The van der Waals surface area contributed by atoms with E-state index >= 15 is 0 Å². The minimum Gasteiger partial charge on any atom is -0.211 e. The third kappa shape index (κ3) is 0.942. The molecule has 0 heterocycles. The molecule has 0 fully saturated rings. The zero-order valence-electron chi connectivity index (χ0n) is 3.82. The van der Waals surface area contributed by atoms with Crippen molar-refractivity contribution in [2.75, 3.05) is 0 Å². The molecule has 1 rings (SSSR count). The highest BCUT2D eigenvalue weighted by Gasteiger charge is 2.14. The minimum atomic E-state index is -0.319. The van der Waals surface area contributed by atoms with Crippen LogP contribution < -0.4 is 0 Å². The van der Waals surface area contributed by atoms with E-state index in [2.05, 4.69) is 0 Å². The van der Waals surface area contributed by atoms with Crippen molar-refractivity contribution in [3.05, 3.63) is 11.9 Å². The van der Waals surface area contributed by atoms with Crippen LogP contribution in [0.25, 0.3) is 0 Å². The van der Waals surface area contributed by atoms with E-state index in [1.807, 2.05) is 0 Å². The van der Waals surface area contributed by atoms with Gasteiger partial charge in [0.1, 0.15) is 5.83 Å². The number of hydrogen-bond acceptors (Lipinski definition) is 0. The Morgan fingerprint density at radius 2 is 2.57 bits per heavy atom. The molecule has 0 nitrogen and oxygen atoms in total. The van der Waals surface area contributed by atoms with Crippen LogP contribution in [0.2, 0.25) is 0 Å². The minimum absolute atomic E-state index is 0.151. The highest BCUT2D eigenvalue weighted by Crippen LogP contribution is 2.24. The average molecular weight is 121 g/mol. The van der Waals surface area contributed by atoms with Gasteiger partial charge in [-0.05, 0) is 12.8 Å². The normalized spacial score (nSPS) is 30.6. The monoisotopic (exact) mass is 120 g/mol. The Morgan fingerprint density at radius 3 is 2.71 bits per heavy atom. The third-order valence-corrected chi connectivity index (χ3v) is 1.49. The van der Waals surface area contributed by atoms with Crippen LogP contribution in [0.4, 0.5) is 4.39 Å². The van der Waals surface area contributed by atoms with Crippen molar-refractivity contribution in [2.45, 2.75) is 18.2 Å². The highest BCUT2D eigenvalue weighted by molar-refractivity contribution is 6.22. The van der Waals surface area contributed by atoms with Crippen molar-refractivity contribution >= 4 is 11.6 Å². The largest absolute Gasteiger partial charge is 0.211 e. The molecule has 1 atom stereocenters. The fourth-order valence-corrected chi connectivity index (χ4v) is 0.848. The summed E-state index contributed by atoms with van der Waals surface area (Å²) in [5.41, 5.74) is 0. The second-order valence-corrected chi connectivity index (χ2v) is 2.16. The van der Waals surface area contributed by atoms with Crippen molar-refractivity contribution in [1.29, 1.82) is 0 Å². The van der Waals surface area contributed by atoms with Crippen molar-refractivity contribution in [3.8, 4) is 0 Å². The fraction of sp³-hybridized carbons (Fsp3) is 0.600. The Kier molecular flexibility index (Phi) is 1.33. The molecule has 0 N–H and O–H groups in total. The lowest BCUT2D eigenvalue weighted by atomic mass is 10.4. The number of hydrogen-bond donors (Lipinski definition) is 0. The predicted octanol–water partition coefficient (Wildman–Crippen LogP) is 2.24. The van der Waals surface area contributed by atoms with Crippen molar-refractivity contribution in [2.24, 2.45) is 0 Å². The molecule has 0 aliphatic heterocycles. The maximum absolute atomic E-state index is 12.0. The molecule has 0 saturated heterocycles. The van der Waals surface area contributed by atoms with Gasteiger partial charge in [-0.25, -0.2) is 4.39 Å². The average Bonchev–Trinajstić information content (AvgIpc) is 1.91. The van der Waals surface area contributed by atoms with Gasteiger partial charge in [-0.1, -0.05) is 6.08 Å². The Labute approximate surface area is 47.0 Å². The summed E-state index contributed by atoms with van der Waals surface area (Å²) < 4.78 is 12.0. The van der Waals surface area contributed by atoms with Crippen LogP contribution >= 0.6 is 11.6 Å². The first-order chi connectivity index (χ1) is 3.30. The van der Waals surface area contributed by atoms with Gasteiger partial charge in [0.05, 0.1) is 5.38 Å². The molecular weight excluding hydrogens is 115 g/mol. The second-order valence-electron chi connectivity index (χ2n) is 1.63. The molecule has 0 radical (unpaired) electrons. The van der Waals surface area contributed by atoms with E-state index in [9.17, 15) is 4.39 Å². The van der Waals surface area contributed by atoms with Crippen LogP contribution in [0, 0.1) is 0 Å². The molecule has 0 spiro atoms. The summed E-state index contributed by atoms with van der Waals surface area (Å²) in [6, 6.07) is 0. The van der Waals surface area contributed by atoms with Crippen molar-refractivity contribution in [3.63, 3.8) is 0 Å². The standard InChI is InChI=1S/C5H6ClF/c6-4-2-1-3-5(4)7/h3-4H,1-2H2. The number of alkyl halides is 1. The quantitative estimate of drug-likeness (QED) is 0.430. The van der Waals surface area contributed by atoms with Crippen molar-refractivity contribution < 1.29 is 4.39 Å². The summed E-state index contributed by atoms with van der Waals surface area (Å²) in [5.74, 6) is -0.151. The molecular formula is C5H6ClF. The molecule has 1 aliphatic carbocycles. The van der Waals surface area contributed by atoms with Crippen LogP contribution in [0.3, 0.4) is 0 Å². The third-order valence-electron chi connectivity index (χ3n) is 1.06. The number of halogens is 2. The number of allylic oxidation sites excluding steroid dienone is 2. The Morgan fingerprint density at radius 1 is 1.86 bits per heavy atom. The summed E-state index contributed by atoms with van der Waals surface area (Å²) in [6.07, 6.45) is 3.12. The van der Waals surface area contributed by atoms with Crippen LogP contribution in [-0.2, 0) is 0 Å². The van der Waals surface area contributed by atoms with Gasteiger partial charge < -0.3 is 0 Å². The molecule has 0 aromatic heterocycles. The van der Waals surface area contributed by atoms with Gasteiger partial charge in [-0.2, -0.15) is 0 Å². The maximum atomic E-state index is 12.0. The van der Waals surface area contributed by atoms with Gasteiger partial charge in [-0.3, -0.25) is 0 Å². The summed E-state index contributed by atoms with van der Waals surface area (Å²) in [5, 5.41) is -0.319. The Hall–Kier alpha value is -0.0400. The van der Waals surface area contributed by atoms with E-state index < -0.39 is 0 Å². The smallest absolute Gasteiger partial charge is 0.114 e. The molecule has 1 aliphatic rings. The van der Waals surface area contributed by atoms with Crippen molar-refractivity contribution in [1.82, 2.24) is 0 Å². The molecule has 2 heteroatoms. The topological polar surface area (TPSA) is 0 Å².